The standard InChI is InChI=1S/C20H31N3O3S/c1-21-13-10-17(11-14-21)15-22(2)27(25,26)19-9-6-12-23(16-19)20(24)18-7-4-3-5-8-18/h3-5,7-8,17,19H,6,9-16H2,1-2H3/t19-/m1/s1. The molecule has 6 nitrogen and oxygen atoms in total. The predicted octanol–water partition coefficient (Wildman–Crippen LogP) is 1.89. The molecule has 0 N–H and O–H groups in total. The molecule has 0 spiro atoms. The monoisotopic (exact) mass is 393 g/mol. The second kappa shape index (κ2) is 8.71. The first-order valence-electron chi connectivity index (χ1n) is 9.86. The summed E-state index contributed by atoms with van der Waals surface area (Å²) in [6.45, 7) is 3.55. The maximum absolute atomic E-state index is 13.1. The van der Waals surface area contributed by atoms with Gasteiger partial charge in [-0.15, -0.1) is 0 Å². The number of nitrogens with zero attached hydrogens (tertiary/aromatic N) is 3. The lowest BCUT2D eigenvalue weighted by molar-refractivity contribution is 0.0725. The molecule has 1 aromatic rings. The summed E-state index contributed by atoms with van der Waals surface area (Å²) in [7, 11) is 0.410. The Morgan fingerprint density at radius 1 is 1.11 bits per heavy atom. The van der Waals surface area contributed by atoms with E-state index in [1.165, 1.54) is 0 Å². The lowest BCUT2D eigenvalue weighted by Crippen LogP contribution is -2.49. The zero-order valence-corrected chi connectivity index (χ0v) is 17.2. The van der Waals surface area contributed by atoms with Gasteiger partial charge in [0.15, 0.2) is 0 Å². The molecule has 1 aromatic carbocycles. The van der Waals surface area contributed by atoms with Crippen LogP contribution in [0.25, 0.3) is 0 Å². The minimum atomic E-state index is -3.40. The molecule has 7 heteroatoms. The van der Waals surface area contributed by atoms with Crippen LogP contribution >= 0.6 is 0 Å². The van der Waals surface area contributed by atoms with Crippen molar-refractivity contribution in [2.75, 3.05) is 46.8 Å². The summed E-state index contributed by atoms with van der Waals surface area (Å²) in [5.41, 5.74) is 0.621. The lowest BCUT2D eigenvalue weighted by Gasteiger charge is -2.36. The number of carbonyl (C=O) groups excluding carboxylic acids is 1. The molecule has 150 valence electrons. The van der Waals surface area contributed by atoms with Gasteiger partial charge in [-0.05, 0) is 63.9 Å². The molecular formula is C20H31N3O3S. The highest BCUT2D eigenvalue weighted by molar-refractivity contribution is 7.89. The van der Waals surface area contributed by atoms with Crippen molar-refractivity contribution in [3.8, 4) is 0 Å². The molecule has 0 bridgehead atoms. The maximum Gasteiger partial charge on any atom is 0.253 e. The average molecular weight is 394 g/mol. The van der Waals surface area contributed by atoms with Gasteiger partial charge >= 0.3 is 0 Å². The third-order valence-corrected chi connectivity index (χ3v) is 8.14. The van der Waals surface area contributed by atoms with Crippen molar-refractivity contribution in [1.29, 1.82) is 0 Å². The van der Waals surface area contributed by atoms with E-state index in [0.717, 1.165) is 32.4 Å². The number of hydrogen-bond donors (Lipinski definition) is 0. The Balaban J connectivity index is 1.62. The van der Waals surface area contributed by atoms with Gasteiger partial charge in [0.1, 0.15) is 0 Å². The van der Waals surface area contributed by atoms with Crippen LogP contribution in [0.15, 0.2) is 30.3 Å². The number of likely N-dealkylation sites (tertiary alicyclic amines) is 2. The number of piperidine rings is 2. The van der Waals surface area contributed by atoms with E-state index >= 15 is 0 Å². The molecule has 2 aliphatic heterocycles. The quantitative estimate of drug-likeness (QED) is 0.767. The van der Waals surface area contributed by atoms with Crippen molar-refractivity contribution in [3.63, 3.8) is 0 Å². The second-order valence-electron chi connectivity index (χ2n) is 7.95. The highest BCUT2D eigenvalue weighted by atomic mass is 32.2. The molecule has 2 heterocycles. The van der Waals surface area contributed by atoms with Crippen molar-refractivity contribution in [2.24, 2.45) is 5.92 Å². The van der Waals surface area contributed by atoms with Crippen molar-refractivity contribution in [2.45, 2.75) is 30.9 Å². The summed E-state index contributed by atoms with van der Waals surface area (Å²) in [5.74, 6) is 0.347. The predicted molar refractivity (Wildman–Crippen MR) is 107 cm³/mol. The number of rotatable bonds is 5. The Morgan fingerprint density at radius 3 is 2.44 bits per heavy atom. The largest absolute Gasteiger partial charge is 0.337 e. The molecule has 1 atom stereocenters. The normalized spacial score (nSPS) is 22.9. The van der Waals surface area contributed by atoms with Crippen LogP contribution in [0.2, 0.25) is 0 Å². The smallest absolute Gasteiger partial charge is 0.253 e. The minimum absolute atomic E-state index is 0.0755. The number of benzene rings is 1. The highest BCUT2D eigenvalue weighted by Crippen LogP contribution is 2.24. The van der Waals surface area contributed by atoms with E-state index in [4.69, 9.17) is 0 Å². The van der Waals surface area contributed by atoms with E-state index in [2.05, 4.69) is 11.9 Å². The number of sulfonamides is 1. The van der Waals surface area contributed by atoms with Crippen LogP contribution in [0.1, 0.15) is 36.0 Å². The molecule has 2 aliphatic rings. The zero-order chi connectivity index (χ0) is 19.4. The highest BCUT2D eigenvalue weighted by Gasteiger charge is 2.36. The van der Waals surface area contributed by atoms with E-state index in [0.29, 0.717) is 31.0 Å². The van der Waals surface area contributed by atoms with Crippen molar-refractivity contribution in [3.05, 3.63) is 35.9 Å². The fourth-order valence-electron chi connectivity index (χ4n) is 4.10. The first-order valence-corrected chi connectivity index (χ1v) is 11.4. The fourth-order valence-corrected chi connectivity index (χ4v) is 5.86. The van der Waals surface area contributed by atoms with Crippen LogP contribution in [0.3, 0.4) is 0 Å². The Labute approximate surface area is 163 Å². The summed E-state index contributed by atoms with van der Waals surface area (Å²) in [6.07, 6.45) is 3.43. The molecule has 2 saturated heterocycles. The minimum Gasteiger partial charge on any atom is -0.337 e. The Kier molecular flexibility index (Phi) is 6.55. The van der Waals surface area contributed by atoms with Gasteiger partial charge in [0, 0.05) is 32.2 Å². The molecule has 0 saturated carbocycles. The van der Waals surface area contributed by atoms with Gasteiger partial charge < -0.3 is 9.80 Å². The Morgan fingerprint density at radius 2 is 1.78 bits per heavy atom. The van der Waals surface area contributed by atoms with Gasteiger partial charge in [-0.1, -0.05) is 18.2 Å². The summed E-state index contributed by atoms with van der Waals surface area (Å²) < 4.78 is 27.8. The van der Waals surface area contributed by atoms with Crippen LogP contribution in [0.4, 0.5) is 0 Å². The zero-order valence-electron chi connectivity index (χ0n) is 16.4. The molecule has 2 fully saturated rings. The van der Waals surface area contributed by atoms with Crippen LogP contribution in [0.5, 0.6) is 0 Å². The van der Waals surface area contributed by atoms with Crippen LogP contribution < -0.4 is 0 Å². The summed E-state index contributed by atoms with van der Waals surface area (Å²) in [6, 6.07) is 9.11. The molecule has 0 radical (unpaired) electrons. The maximum atomic E-state index is 13.1. The topological polar surface area (TPSA) is 60.9 Å². The Bertz CT molecular complexity index is 730. The molecule has 0 aromatic heterocycles. The average Bonchev–Trinajstić information content (AvgIpc) is 2.70. The third-order valence-electron chi connectivity index (χ3n) is 5.90. The van der Waals surface area contributed by atoms with E-state index in [1.807, 2.05) is 18.2 Å². The van der Waals surface area contributed by atoms with Crippen molar-refractivity contribution >= 4 is 15.9 Å². The summed E-state index contributed by atoms with van der Waals surface area (Å²) in [4.78, 5) is 16.7. The van der Waals surface area contributed by atoms with Gasteiger partial charge in [-0.25, -0.2) is 12.7 Å². The SMILES string of the molecule is CN1CCC(CN(C)S(=O)(=O)[C@@H]2CCCN(C(=O)c3ccccc3)C2)CC1. The molecule has 27 heavy (non-hydrogen) atoms. The summed E-state index contributed by atoms with van der Waals surface area (Å²) >= 11 is 0. The number of hydrogen-bond acceptors (Lipinski definition) is 4. The second-order valence-corrected chi connectivity index (χ2v) is 10.3. The number of carbonyl (C=O) groups is 1. The first-order chi connectivity index (χ1) is 12.9. The molecule has 3 rings (SSSR count). The van der Waals surface area contributed by atoms with E-state index in [-0.39, 0.29) is 12.5 Å². The molecule has 1 amide bonds. The fraction of sp³-hybridized carbons (Fsp3) is 0.650. The third kappa shape index (κ3) is 4.89. The van der Waals surface area contributed by atoms with Gasteiger partial charge in [0.25, 0.3) is 5.91 Å². The molecular weight excluding hydrogens is 362 g/mol. The molecule has 0 unspecified atom stereocenters. The Hall–Kier alpha value is -1.44. The van der Waals surface area contributed by atoms with Gasteiger partial charge in [0.05, 0.1) is 5.25 Å². The van der Waals surface area contributed by atoms with Crippen LogP contribution in [-0.4, -0.2) is 80.5 Å². The van der Waals surface area contributed by atoms with E-state index in [1.54, 1.807) is 28.4 Å². The molecule has 0 aliphatic carbocycles. The number of amides is 1. The van der Waals surface area contributed by atoms with Gasteiger partial charge in [-0.2, -0.15) is 0 Å². The first kappa shape index (κ1) is 20.3. The van der Waals surface area contributed by atoms with Crippen molar-refractivity contribution < 1.29 is 13.2 Å². The van der Waals surface area contributed by atoms with Gasteiger partial charge in [0.2, 0.25) is 10.0 Å². The summed E-state index contributed by atoms with van der Waals surface area (Å²) in [5, 5.41) is -0.504. The van der Waals surface area contributed by atoms with Crippen molar-refractivity contribution in [1.82, 2.24) is 14.1 Å². The van der Waals surface area contributed by atoms with Crippen LogP contribution in [0, 0.1) is 5.92 Å². The van der Waals surface area contributed by atoms with Gasteiger partial charge in [-0.3, -0.25) is 4.79 Å². The van der Waals surface area contributed by atoms with E-state index < -0.39 is 15.3 Å². The van der Waals surface area contributed by atoms with Crippen LogP contribution in [-0.2, 0) is 10.0 Å². The van der Waals surface area contributed by atoms with E-state index in [9.17, 15) is 13.2 Å². The lowest BCUT2D eigenvalue weighted by atomic mass is 9.97.